The predicted molar refractivity (Wildman–Crippen MR) is 254 cm³/mol. The molecule has 0 bridgehead atoms. The molecule has 0 aliphatic heterocycles. The first-order chi connectivity index (χ1) is 29.6. The van der Waals surface area contributed by atoms with Gasteiger partial charge in [-0.05, 0) is 77.0 Å². The third-order valence-electron chi connectivity index (χ3n) is 9.98. The molecule has 0 heterocycles. The van der Waals surface area contributed by atoms with Crippen LogP contribution in [-0.2, 0) is 28.6 Å². The highest BCUT2D eigenvalue weighted by Crippen LogP contribution is 2.14. The molecule has 0 fully saturated rings. The first-order valence-corrected chi connectivity index (χ1v) is 23.8. The minimum absolute atomic E-state index is 0.0111. The number of hydrogen-bond donors (Lipinski definition) is 0. The van der Waals surface area contributed by atoms with Crippen LogP contribution in [0.2, 0.25) is 0 Å². The van der Waals surface area contributed by atoms with Crippen molar-refractivity contribution in [2.24, 2.45) is 0 Å². The van der Waals surface area contributed by atoms with E-state index >= 15 is 0 Å². The molecule has 0 rings (SSSR count). The molecule has 61 heavy (non-hydrogen) atoms. The van der Waals surface area contributed by atoms with Gasteiger partial charge in [-0.1, -0.05) is 169 Å². The molecule has 0 aromatic carbocycles. The molecule has 0 aliphatic rings. The molecule has 2 atom stereocenters. The minimum atomic E-state index is -1.14. The summed E-state index contributed by atoms with van der Waals surface area (Å²) < 4.78 is 17.1. The Hall–Kier alpha value is -3.75. The van der Waals surface area contributed by atoms with Crippen molar-refractivity contribution in [2.45, 2.75) is 180 Å². The number of esters is 2. The van der Waals surface area contributed by atoms with E-state index in [0.29, 0.717) is 12.8 Å². The van der Waals surface area contributed by atoms with Crippen LogP contribution in [0.15, 0.2) is 97.2 Å². The van der Waals surface area contributed by atoms with Crippen LogP contribution >= 0.6 is 0 Å². The smallest absolute Gasteiger partial charge is 0.306 e. The summed E-state index contributed by atoms with van der Waals surface area (Å²) in [5, 5.41) is 11.6. The van der Waals surface area contributed by atoms with E-state index in [4.69, 9.17) is 14.2 Å². The highest BCUT2D eigenvalue weighted by Gasteiger charge is 2.25. The van der Waals surface area contributed by atoms with Crippen molar-refractivity contribution in [1.29, 1.82) is 0 Å². The lowest BCUT2D eigenvalue weighted by Crippen LogP contribution is -2.55. The number of unbranched alkanes of at least 4 members (excludes halogenated alkanes) is 11. The third-order valence-corrected chi connectivity index (χ3v) is 9.98. The number of carbonyl (C=O) groups excluding carboxylic acids is 3. The van der Waals surface area contributed by atoms with E-state index in [0.717, 1.165) is 70.6 Å². The summed E-state index contributed by atoms with van der Waals surface area (Å²) >= 11 is 0. The van der Waals surface area contributed by atoms with Gasteiger partial charge in [-0.3, -0.25) is 9.59 Å². The van der Waals surface area contributed by atoms with Crippen molar-refractivity contribution in [3.8, 4) is 0 Å². The SMILES string of the molecule is CC/C=C/C/C=C/C/C=C/C/C=C/C/C=C/CCC(=O)OCC(COCCC(C(=O)[O-])[N+](C)(C)C)OC(=O)CCCCCCCCCCCCC/C=C/C/C=C/C/C=C/CC. The lowest BCUT2D eigenvalue weighted by atomic mass is 10.0. The lowest BCUT2D eigenvalue weighted by Gasteiger charge is -2.34. The normalized spacial score (nSPS) is 13.8. The zero-order valence-electron chi connectivity index (χ0n) is 39.3. The highest BCUT2D eigenvalue weighted by molar-refractivity contribution is 5.70. The van der Waals surface area contributed by atoms with Gasteiger partial charge in [-0.15, -0.1) is 0 Å². The fourth-order valence-electron chi connectivity index (χ4n) is 6.37. The van der Waals surface area contributed by atoms with Gasteiger partial charge in [0.2, 0.25) is 0 Å². The summed E-state index contributed by atoms with van der Waals surface area (Å²) in [6, 6.07) is -0.742. The van der Waals surface area contributed by atoms with E-state index in [-0.39, 0.29) is 49.1 Å². The molecule has 8 heteroatoms. The number of allylic oxidation sites excluding steroid dienone is 16. The van der Waals surface area contributed by atoms with Crippen molar-refractivity contribution in [3.63, 3.8) is 0 Å². The molecule has 0 saturated carbocycles. The van der Waals surface area contributed by atoms with Gasteiger partial charge in [-0.2, -0.15) is 0 Å². The molecule has 0 saturated heterocycles. The highest BCUT2D eigenvalue weighted by atomic mass is 16.6. The molecular formula is C53H87NO7. The van der Waals surface area contributed by atoms with Crippen molar-refractivity contribution >= 4 is 17.9 Å². The standard InChI is InChI=1S/C53H87NO7/c1-6-8-10-12-14-16-18-20-22-24-25-26-27-28-30-32-34-36-38-40-42-44-52(56)61-49(47-59-46-45-50(53(57)58)54(3,4)5)48-60-51(55)43-41-39-37-35-33-31-29-23-21-19-17-15-13-11-9-7-2/h8-11,14-17,20-23,31,33,37,39,49-50H,6-7,12-13,18-19,24-30,32,34-36,38,40-48H2,1-5H3/b10-8+,11-9+,16-14+,17-15+,22-20+,23-21+,33-31+,39-37+. The van der Waals surface area contributed by atoms with Crippen molar-refractivity contribution < 1.29 is 38.2 Å². The van der Waals surface area contributed by atoms with Gasteiger partial charge in [0, 0.05) is 19.3 Å². The Morgan fingerprint density at radius 1 is 0.492 bits per heavy atom. The summed E-state index contributed by atoms with van der Waals surface area (Å²) in [5.41, 5.74) is 0. The fraction of sp³-hybridized carbons (Fsp3) is 0.642. The maximum Gasteiger partial charge on any atom is 0.306 e. The number of carboxylic acid groups (broad SMARTS) is 1. The van der Waals surface area contributed by atoms with Crippen LogP contribution in [0.3, 0.4) is 0 Å². The molecule has 8 nitrogen and oxygen atoms in total. The summed E-state index contributed by atoms with van der Waals surface area (Å²) in [4.78, 5) is 36.9. The molecule has 346 valence electrons. The third kappa shape index (κ3) is 41.4. The Kier molecular flexibility index (Phi) is 40.3. The Bertz CT molecular complexity index is 1310. The number of rotatable bonds is 41. The van der Waals surface area contributed by atoms with Gasteiger partial charge in [-0.25, -0.2) is 0 Å². The van der Waals surface area contributed by atoms with Gasteiger partial charge in [0.15, 0.2) is 6.10 Å². The van der Waals surface area contributed by atoms with Crippen LogP contribution < -0.4 is 5.11 Å². The number of carbonyl (C=O) groups is 3. The second kappa shape index (κ2) is 42.9. The molecule has 0 aromatic rings. The van der Waals surface area contributed by atoms with E-state index in [1.165, 1.54) is 57.8 Å². The first kappa shape index (κ1) is 57.2. The maximum atomic E-state index is 12.8. The van der Waals surface area contributed by atoms with Crippen LogP contribution in [0.5, 0.6) is 0 Å². The average Bonchev–Trinajstić information content (AvgIpc) is 3.22. The maximum absolute atomic E-state index is 12.8. The Morgan fingerprint density at radius 3 is 1.34 bits per heavy atom. The van der Waals surface area contributed by atoms with Crippen LogP contribution in [0, 0.1) is 0 Å². The van der Waals surface area contributed by atoms with E-state index in [2.05, 4.69) is 98.9 Å². The van der Waals surface area contributed by atoms with E-state index in [1.807, 2.05) is 12.2 Å². The van der Waals surface area contributed by atoms with E-state index in [1.54, 1.807) is 21.1 Å². The number of ether oxygens (including phenoxy) is 3. The zero-order valence-corrected chi connectivity index (χ0v) is 39.3. The number of likely N-dealkylation sites (N-methyl/N-ethyl adjacent to an activating group) is 1. The monoisotopic (exact) mass is 850 g/mol. The molecule has 0 radical (unpaired) electrons. The second-order valence-corrected chi connectivity index (χ2v) is 16.6. The molecule has 0 aromatic heterocycles. The number of quaternary nitrogens is 1. The van der Waals surface area contributed by atoms with Gasteiger partial charge in [0.05, 0.1) is 40.3 Å². The molecule has 0 N–H and O–H groups in total. The average molecular weight is 850 g/mol. The topological polar surface area (TPSA) is 102 Å². The quantitative estimate of drug-likeness (QED) is 0.0261. The summed E-state index contributed by atoms with van der Waals surface area (Å²) in [5.74, 6) is -1.85. The lowest BCUT2D eigenvalue weighted by molar-refractivity contribution is -0.889. The summed E-state index contributed by atoms with van der Waals surface area (Å²) in [6.07, 6.45) is 57.4. The van der Waals surface area contributed by atoms with Gasteiger partial charge in [0.25, 0.3) is 0 Å². The molecular weight excluding hydrogens is 763 g/mol. The largest absolute Gasteiger partial charge is 0.544 e. The summed E-state index contributed by atoms with van der Waals surface area (Å²) in [6.45, 7) is 4.35. The Labute approximate surface area is 373 Å². The van der Waals surface area contributed by atoms with Gasteiger partial charge < -0.3 is 28.6 Å². The number of hydrogen-bond acceptors (Lipinski definition) is 7. The van der Waals surface area contributed by atoms with Gasteiger partial charge >= 0.3 is 11.9 Å². The Balaban J connectivity index is 4.38. The van der Waals surface area contributed by atoms with Crippen LogP contribution in [-0.4, -0.2) is 75.5 Å². The van der Waals surface area contributed by atoms with Crippen molar-refractivity contribution in [2.75, 3.05) is 41.0 Å². The van der Waals surface area contributed by atoms with E-state index < -0.39 is 18.1 Å². The molecule has 0 amide bonds. The number of nitrogens with zero attached hydrogens (tertiary/aromatic N) is 1. The predicted octanol–water partition coefficient (Wildman–Crippen LogP) is 12.1. The van der Waals surface area contributed by atoms with Crippen molar-refractivity contribution in [3.05, 3.63) is 97.2 Å². The van der Waals surface area contributed by atoms with Crippen LogP contribution in [0.4, 0.5) is 0 Å². The fourth-order valence-corrected chi connectivity index (χ4v) is 6.37. The van der Waals surface area contributed by atoms with Crippen molar-refractivity contribution in [1.82, 2.24) is 0 Å². The molecule has 2 unspecified atom stereocenters. The van der Waals surface area contributed by atoms with E-state index in [9.17, 15) is 19.5 Å². The second-order valence-electron chi connectivity index (χ2n) is 16.6. The zero-order chi connectivity index (χ0) is 44.9. The van der Waals surface area contributed by atoms with Crippen LogP contribution in [0.25, 0.3) is 0 Å². The van der Waals surface area contributed by atoms with Crippen LogP contribution in [0.1, 0.15) is 168 Å². The molecule has 0 spiro atoms. The van der Waals surface area contributed by atoms with Gasteiger partial charge in [0.1, 0.15) is 12.6 Å². The first-order valence-electron chi connectivity index (χ1n) is 23.8. The number of aliphatic carboxylic acids is 1. The Morgan fingerprint density at radius 2 is 0.902 bits per heavy atom. The minimum Gasteiger partial charge on any atom is -0.544 e. The summed E-state index contributed by atoms with van der Waals surface area (Å²) in [7, 11) is 5.38. The molecule has 0 aliphatic carbocycles. The number of carboxylic acids is 1.